The minimum absolute atomic E-state index is 0.552. The van der Waals surface area contributed by atoms with E-state index in [9.17, 15) is 0 Å². The zero-order valence-electron chi connectivity index (χ0n) is 12.2. The van der Waals surface area contributed by atoms with Crippen molar-refractivity contribution < 1.29 is 0 Å². The second kappa shape index (κ2) is 7.30. The second-order valence-electron chi connectivity index (χ2n) is 5.63. The Morgan fingerprint density at radius 3 is 2.58 bits per heavy atom. The monoisotopic (exact) mass is 283 g/mol. The van der Waals surface area contributed by atoms with Crippen LogP contribution in [0.3, 0.4) is 0 Å². The molecule has 0 bridgehead atoms. The van der Waals surface area contributed by atoms with Gasteiger partial charge < -0.3 is 0 Å². The van der Waals surface area contributed by atoms with Crippen molar-refractivity contribution in [1.29, 1.82) is 0 Å². The third-order valence-corrected chi connectivity index (χ3v) is 4.73. The molecule has 0 atom stereocenters. The molecule has 1 fully saturated rings. The summed E-state index contributed by atoms with van der Waals surface area (Å²) < 4.78 is 2.14. The molecule has 0 unspecified atom stereocenters. The van der Waals surface area contributed by atoms with E-state index in [0.717, 1.165) is 44.3 Å². The molecule has 0 aromatic carbocycles. The maximum atomic E-state index is 5.92. The summed E-state index contributed by atoms with van der Waals surface area (Å²) in [5.74, 6) is 1.54. The van der Waals surface area contributed by atoms with Gasteiger partial charge in [-0.1, -0.05) is 13.8 Å². The molecule has 108 valence electrons. The van der Waals surface area contributed by atoms with Gasteiger partial charge in [0.25, 0.3) is 0 Å². The number of alkyl halides is 1. The summed E-state index contributed by atoms with van der Waals surface area (Å²) >= 11 is 5.92. The Morgan fingerprint density at radius 1 is 1.32 bits per heavy atom. The van der Waals surface area contributed by atoms with Gasteiger partial charge >= 0.3 is 0 Å². The predicted octanol–water partition coefficient (Wildman–Crippen LogP) is 3.70. The average Bonchev–Trinajstić information content (AvgIpc) is 2.89. The van der Waals surface area contributed by atoms with E-state index in [4.69, 9.17) is 16.7 Å². The number of hydrogen-bond acceptors (Lipinski definition) is 2. The Balaban J connectivity index is 1.86. The predicted molar refractivity (Wildman–Crippen MR) is 80.6 cm³/mol. The highest BCUT2D eigenvalue weighted by atomic mass is 35.5. The van der Waals surface area contributed by atoms with Crippen molar-refractivity contribution in [3.8, 4) is 0 Å². The first-order valence-corrected chi connectivity index (χ1v) is 8.12. The van der Waals surface area contributed by atoms with Gasteiger partial charge in [-0.05, 0) is 50.8 Å². The first-order chi connectivity index (χ1) is 9.26. The normalized spacial score (nSPS) is 18.3. The Hall–Kier alpha value is -0.540. The molecule has 19 heavy (non-hydrogen) atoms. The van der Waals surface area contributed by atoms with Crippen LogP contribution in [-0.4, -0.2) is 33.6 Å². The molecular weight excluding hydrogens is 258 g/mol. The van der Waals surface area contributed by atoms with Gasteiger partial charge in [0.05, 0.1) is 11.7 Å². The number of halogens is 1. The van der Waals surface area contributed by atoms with Gasteiger partial charge in [0.2, 0.25) is 0 Å². The molecule has 1 aliphatic heterocycles. The maximum absolute atomic E-state index is 5.92. The summed E-state index contributed by atoms with van der Waals surface area (Å²) in [4.78, 5) is 2.50. The van der Waals surface area contributed by atoms with Gasteiger partial charge in [0, 0.05) is 18.6 Å². The van der Waals surface area contributed by atoms with Crippen LogP contribution in [0.15, 0.2) is 12.3 Å². The summed E-state index contributed by atoms with van der Waals surface area (Å²) in [6, 6.07) is 2.72. The van der Waals surface area contributed by atoms with Crippen LogP contribution >= 0.6 is 11.6 Å². The van der Waals surface area contributed by atoms with Crippen LogP contribution in [0.4, 0.5) is 0 Å². The first kappa shape index (κ1) is 14.9. The molecule has 2 heterocycles. The third kappa shape index (κ3) is 3.96. The van der Waals surface area contributed by atoms with E-state index in [-0.39, 0.29) is 0 Å². The maximum Gasteiger partial charge on any atom is 0.0764 e. The van der Waals surface area contributed by atoms with Crippen LogP contribution in [0.25, 0.3) is 0 Å². The molecule has 1 saturated heterocycles. The van der Waals surface area contributed by atoms with E-state index in [1.54, 1.807) is 0 Å². The molecule has 1 aliphatic rings. The van der Waals surface area contributed by atoms with Crippen LogP contribution < -0.4 is 0 Å². The van der Waals surface area contributed by atoms with Gasteiger partial charge in [-0.15, -0.1) is 11.6 Å². The number of rotatable bonds is 6. The number of aromatic nitrogens is 2. The van der Waals surface area contributed by atoms with Crippen molar-refractivity contribution in [2.45, 2.75) is 52.1 Å². The molecule has 1 aromatic heterocycles. The Labute approximate surface area is 121 Å². The van der Waals surface area contributed by atoms with Gasteiger partial charge in [-0.2, -0.15) is 5.10 Å². The lowest BCUT2D eigenvalue weighted by Crippen LogP contribution is -2.33. The fourth-order valence-electron chi connectivity index (χ4n) is 2.86. The molecule has 4 heteroatoms. The van der Waals surface area contributed by atoms with Gasteiger partial charge in [0.1, 0.15) is 0 Å². The molecule has 1 aromatic rings. The molecule has 0 N–H and O–H groups in total. The summed E-state index contributed by atoms with van der Waals surface area (Å²) in [6.45, 7) is 7.77. The minimum Gasteiger partial charge on any atom is -0.297 e. The smallest absolute Gasteiger partial charge is 0.0764 e. The minimum atomic E-state index is 0.552. The van der Waals surface area contributed by atoms with Crippen molar-refractivity contribution in [2.24, 2.45) is 5.92 Å². The number of nitrogens with zero attached hydrogens (tertiary/aromatic N) is 3. The number of hydrogen-bond donors (Lipinski definition) is 0. The molecular formula is C15H26ClN3. The van der Waals surface area contributed by atoms with Crippen LogP contribution in [0.5, 0.6) is 0 Å². The third-order valence-electron chi connectivity index (χ3n) is 4.29. The van der Waals surface area contributed by atoms with E-state index in [2.05, 4.69) is 35.7 Å². The van der Waals surface area contributed by atoms with Gasteiger partial charge in [0.15, 0.2) is 0 Å². The lowest BCUT2D eigenvalue weighted by Gasteiger charge is -2.30. The van der Waals surface area contributed by atoms with Gasteiger partial charge in [-0.3, -0.25) is 9.58 Å². The highest BCUT2D eigenvalue weighted by Crippen LogP contribution is 2.20. The summed E-state index contributed by atoms with van der Waals surface area (Å²) in [6.07, 6.45) is 6.91. The largest absolute Gasteiger partial charge is 0.297 e. The number of likely N-dealkylation sites (tertiary alicyclic amines) is 1. The summed E-state index contributed by atoms with van der Waals surface area (Å²) in [5.41, 5.74) is 1.20. The topological polar surface area (TPSA) is 21.1 Å². The van der Waals surface area contributed by atoms with Crippen molar-refractivity contribution in [3.05, 3.63) is 18.0 Å². The summed E-state index contributed by atoms with van der Waals surface area (Å²) in [7, 11) is 0. The highest BCUT2D eigenvalue weighted by molar-refractivity contribution is 6.18. The Morgan fingerprint density at radius 2 is 2.00 bits per heavy atom. The molecule has 0 spiro atoms. The van der Waals surface area contributed by atoms with E-state index in [0.29, 0.717) is 6.04 Å². The van der Waals surface area contributed by atoms with Crippen LogP contribution in [0, 0.1) is 5.92 Å². The van der Waals surface area contributed by atoms with Crippen LogP contribution in [0.2, 0.25) is 0 Å². The molecule has 0 amide bonds. The van der Waals surface area contributed by atoms with E-state index < -0.39 is 0 Å². The molecule has 0 saturated carbocycles. The van der Waals surface area contributed by atoms with Gasteiger partial charge in [-0.25, -0.2) is 0 Å². The SMILES string of the molecule is CCC(CC)n1ccc(CN2CCC(CCl)CC2)n1. The van der Waals surface area contributed by atoms with Crippen molar-refractivity contribution >= 4 is 11.6 Å². The highest BCUT2D eigenvalue weighted by Gasteiger charge is 2.19. The molecule has 0 aliphatic carbocycles. The summed E-state index contributed by atoms with van der Waals surface area (Å²) in [5, 5.41) is 4.73. The quantitative estimate of drug-likeness (QED) is 0.743. The van der Waals surface area contributed by atoms with Crippen LogP contribution in [0.1, 0.15) is 51.3 Å². The average molecular weight is 284 g/mol. The fraction of sp³-hybridized carbons (Fsp3) is 0.800. The number of piperidine rings is 1. The molecule has 0 radical (unpaired) electrons. The Kier molecular flexibility index (Phi) is 5.71. The van der Waals surface area contributed by atoms with E-state index >= 15 is 0 Å². The standard InChI is InChI=1S/C15H26ClN3/c1-3-15(4-2)19-10-7-14(17-19)12-18-8-5-13(11-16)6-9-18/h7,10,13,15H,3-6,8-9,11-12H2,1-2H3. The lowest BCUT2D eigenvalue weighted by molar-refractivity contribution is 0.184. The van der Waals surface area contributed by atoms with E-state index in [1.807, 2.05) is 0 Å². The lowest BCUT2D eigenvalue weighted by atomic mass is 9.99. The molecule has 2 rings (SSSR count). The first-order valence-electron chi connectivity index (χ1n) is 7.59. The zero-order valence-corrected chi connectivity index (χ0v) is 12.9. The van der Waals surface area contributed by atoms with Crippen molar-refractivity contribution in [2.75, 3.05) is 19.0 Å². The van der Waals surface area contributed by atoms with Crippen LogP contribution in [-0.2, 0) is 6.54 Å². The second-order valence-corrected chi connectivity index (χ2v) is 5.94. The van der Waals surface area contributed by atoms with Crippen molar-refractivity contribution in [3.63, 3.8) is 0 Å². The van der Waals surface area contributed by atoms with Crippen molar-refractivity contribution in [1.82, 2.24) is 14.7 Å². The molecule has 3 nitrogen and oxygen atoms in total. The Bertz CT molecular complexity index is 365. The fourth-order valence-corrected chi connectivity index (χ4v) is 3.16. The zero-order chi connectivity index (χ0) is 13.7. The van der Waals surface area contributed by atoms with E-state index in [1.165, 1.54) is 18.5 Å².